The first-order valence-electron chi connectivity index (χ1n) is 4.29. The Labute approximate surface area is 109 Å². The Kier molecular flexibility index (Phi) is 5.25. The van der Waals surface area contributed by atoms with Crippen molar-refractivity contribution in [2.24, 2.45) is 0 Å². The third-order valence-electron chi connectivity index (χ3n) is 1.66. The van der Waals surface area contributed by atoms with E-state index in [0.717, 1.165) is 8.26 Å². The topological polar surface area (TPSA) is 38.3 Å². The summed E-state index contributed by atoms with van der Waals surface area (Å²) in [6.45, 7) is 2.42. The van der Waals surface area contributed by atoms with Gasteiger partial charge in [-0.05, 0) is 44.8 Å². The molecule has 1 heterocycles. The second-order valence-electron chi connectivity index (χ2n) is 3.06. The van der Waals surface area contributed by atoms with Gasteiger partial charge < -0.3 is 10.1 Å². The molecule has 1 rings (SSSR count). The lowest BCUT2D eigenvalue weighted by Crippen LogP contribution is -2.35. The van der Waals surface area contributed by atoms with Crippen molar-refractivity contribution in [1.29, 1.82) is 0 Å². The van der Waals surface area contributed by atoms with E-state index in [0.29, 0.717) is 11.5 Å². The van der Waals surface area contributed by atoms with Gasteiger partial charge in [0.15, 0.2) is 0 Å². The number of amides is 1. The van der Waals surface area contributed by atoms with Crippen LogP contribution in [0.3, 0.4) is 0 Å². The number of thiophene rings is 1. The molecule has 1 aromatic heterocycles. The Morgan fingerprint density at radius 2 is 2.33 bits per heavy atom. The summed E-state index contributed by atoms with van der Waals surface area (Å²) in [7, 11) is 1.61. The Balaban J connectivity index is 2.61. The van der Waals surface area contributed by atoms with Crippen molar-refractivity contribution in [2.45, 2.75) is 13.0 Å². The molecule has 84 valence electrons. The number of hydrogen-bond donors (Lipinski definition) is 1. The quantitative estimate of drug-likeness (QED) is 0.900. The molecule has 6 heteroatoms. The van der Waals surface area contributed by atoms with Crippen LogP contribution >= 0.6 is 43.2 Å². The van der Waals surface area contributed by atoms with Gasteiger partial charge in [-0.3, -0.25) is 4.79 Å². The summed E-state index contributed by atoms with van der Waals surface area (Å²) in [4.78, 5) is 12.4. The van der Waals surface area contributed by atoms with Gasteiger partial charge in [0.2, 0.25) is 0 Å². The van der Waals surface area contributed by atoms with Crippen LogP contribution in [0.1, 0.15) is 16.6 Å². The molecule has 0 radical (unpaired) electrons. The molecule has 1 aromatic rings. The van der Waals surface area contributed by atoms with Gasteiger partial charge >= 0.3 is 0 Å². The molecule has 0 aliphatic carbocycles. The maximum Gasteiger partial charge on any atom is 0.261 e. The minimum atomic E-state index is -0.0732. The molecule has 3 nitrogen and oxygen atoms in total. The summed E-state index contributed by atoms with van der Waals surface area (Å²) in [5, 5.41) is 2.84. The highest BCUT2D eigenvalue weighted by molar-refractivity contribution is 9.13. The molecule has 1 atom stereocenters. The van der Waals surface area contributed by atoms with Gasteiger partial charge in [-0.2, -0.15) is 0 Å². The predicted octanol–water partition coefficient (Wildman–Crippen LogP) is 3.04. The summed E-state index contributed by atoms with van der Waals surface area (Å²) >= 11 is 8.09. The number of nitrogens with one attached hydrogen (secondary N) is 1. The first-order valence-corrected chi connectivity index (χ1v) is 6.69. The predicted molar refractivity (Wildman–Crippen MR) is 68.5 cm³/mol. The maximum atomic E-state index is 11.7. The maximum absolute atomic E-state index is 11.7. The molecule has 0 spiro atoms. The summed E-state index contributed by atoms with van der Waals surface area (Å²) in [5.41, 5.74) is 0. The van der Waals surface area contributed by atoms with Crippen LogP contribution in [-0.4, -0.2) is 25.7 Å². The standard InChI is InChI=1S/C9H11Br2NO2S/c1-5(4-14-2)12-9(13)7-3-6(10)8(11)15-7/h3,5H,4H2,1-2H3,(H,12,13). The fraction of sp³-hybridized carbons (Fsp3) is 0.444. The zero-order valence-electron chi connectivity index (χ0n) is 8.34. The first-order chi connectivity index (χ1) is 7.04. The van der Waals surface area contributed by atoms with E-state index in [2.05, 4.69) is 37.2 Å². The van der Waals surface area contributed by atoms with Gasteiger partial charge in [-0.15, -0.1) is 11.3 Å². The highest BCUT2D eigenvalue weighted by Crippen LogP contribution is 2.32. The molecule has 0 bridgehead atoms. The molecule has 0 saturated carbocycles. The Bertz CT molecular complexity index is 334. The van der Waals surface area contributed by atoms with E-state index in [9.17, 15) is 4.79 Å². The number of rotatable bonds is 4. The first kappa shape index (κ1) is 13.2. The van der Waals surface area contributed by atoms with Crippen LogP contribution < -0.4 is 5.32 Å². The number of hydrogen-bond acceptors (Lipinski definition) is 3. The molecule has 0 aliphatic heterocycles. The highest BCUT2D eigenvalue weighted by Gasteiger charge is 2.13. The Morgan fingerprint density at radius 3 is 2.80 bits per heavy atom. The van der Waals surface area contributed by atoms with Crippen LogP contribution in [0.2, 0.25) is 0 Å². The van der Waals surface area contributed by atoms with E-state index in [1.54, 1.807) is 13.2 Å². The zero-order valence-corrected chi connectivity index (χ0v) is 12.3. The van der Waals surface area contributed by atoms with E-state index in [1.807, 2.05) is 6.92 Å². The fourth-order valence-corrected chi connectivity index (χ4v) is 2.98. The average molecular weight is 357 g/mol. The van der Waals surface area contributed by atoms with Crippen molar-refractivity contribution in [2.75, 3.05) is 13.7 Å². The molecule has 1 unspecified atom stereocenters. The van der Waals surface area contributed by atoms with E-state index in [4.69, 9.17) is 4.74 Å². The van der Waals surface area contributed by atoms with Crippen LogP contribution in [-0.2, 0) is 4.74 Å². The molecule has 0 aliphatic rings. The van der Waals surface area contributed by atoms with Crippen molar-refractivity contribution in [3.05, 3.63) is 19.2 Å². The second kappa shape index (κ2) is 5.98. The zero-order chi connectivity index (χ0) is 11.4. The van der Waals surface area contributed by atoms with Crippen LogP contribution in [0, 0.1) is 0 Å². The number of ether oxygens (including phenoxy) is 1. The summed E-state index contributed by atoms with van der Waals surface area (Å²) in [6, 6.07) is 1.81. The molecule has 0 fully saturated rings. The van der Waals surface area contributed by atoms with Gasteiger partial charge in [-0.25, -0.2) is 0 Å². The molecule has 15 heavy (non-hydrogen) atoms. The van der Waals surface area contributed by atoms with Gasteiger partial charge in [-0.1, -0.05) is 0 Å². The number of methoxy groups -OCH3 is 1. The summed E-state index contributed by atoms with van der Waals surface area (Å²) in [6.07, 6.45) is 0. The van der Waals surface area contributed by atoms with E-state index >= 15 is 0 Å². The van der Waals surface area contributed by atoms with Crippen molar-refractivity contribution >= 4 is 49.1 Å². The van der Waals surface area contributed by atoms with Crippen LogP contribution in [0.15, 0.2) is 14.3 Å². The lowest BCUT2D eigenvalue weighted by Gasteiger charge is -2.11. The number of carbonyl (C=O) groups excluding carboxylic acids is 1. The van der Waals surface area contributed by atoms with Crippen LogP contribution in [0.25, 0.3) is 0 Å². The lowest BCUT2D eigenvalue weighted by atomic mass is 10.3. The van der Waals surface area contributed by atoms with Gasteiger partial charge in [0.1, 0.15) is 0 Å². The van der Waals surface area contributed by atoms with Crippen molar-refractivity contribution < 1.29 is 9.53 Å². The van der Waals surface area contributed by atoms with Crippen LogP contribution in [0.4, 0.5) is 0 Å². The van der Waals surface area contributed by atoms with Crippen LogP contribution in [0.5, 0.6) is 0 Å². The molecule has 0 saturated heterocycles. The highest BCUT2D eigenvalue weighted by atomic mass is 79.9. The normalized spacial score (nSPS) is 12.5. The molecule has 1 amide bonds. The lowest BCUT2D eigenvalue weighted by molar-refractivity contribution is 0.0909. The number of halogens is 2. The van der Waals surface area contributed by atoms with Gasteiger partial charge in [0.05, 0.1) is 15.3 Å². The molecular weight excluding hydrogens is 346 g/mol. The fourth-order valence-electron chi connectivity index (χ4n) is 1.05. The Hall–Kier alpha value is 0.0900. The van der Waals surface area contributed by atoms with Crippen molar-refractivity contribution in [3.8, 4) is 0 Å². The van der Waals surface area contributed by atoms with E-state index in [1.165, 1.54) is 11.3 Å². The minimum Gasteiger partial charge on any atom is -0.383 e. The smallest absolute Gasteiger partial charge is 0.261 e. The summed E-state index contributed by atoms with van der Waals surface area (Å²) < 4.78 is 6.76. The second-order valence-corrected chi connectivity index (χ2v) is 6.29. The Morgan fingerprint density at radius 1 is 1.67 bits per heavy atom. The van der Waals surface area contributed by atoms with E-state index in [-0.39, 0.29) is 11.9 Å². The van der Waals surface area contributed by atoms with Gasteiger partial charge in [0, 0.05) is 17.6 Å². The van der Waals surface area contributed by atoms with Gasteiger partial charge in [0.25, 0.3) is 5.91 Å². The molecule has 1 N–H and O–H groups in total. The monoisotopic (exact) mass is 355 g/mol. The van der Waals surface area contributed by atoms with E-state index < -0.39 is 0 Å². The molecule has 0 aromatic carbocycles. The molecular formula is C9H11Br2NO2S. The average Bonchev–Trinajstić information content (AvgIpc) is 2.47. The third kappa shape index (κ3) is 3.86. The summed E-state index contributed by atoms with van der Waals surface area (Å²) in [5.74, 6) is -0.0732. The van der Waals surface area contributed by atoms with Crippen molar-refractivity contribution in [1.82, 2.24) is 5.32 Å². The SMILES string of the molecule is COCC(C)NC(=O)c1cc(Br)c(Br)s1. The van der Waals surface area contributed by atoms with Crippen molar-refractivity contribution in [3.63, 3.8) is 0 Å². The third-order valence-corrected chi connectivity index (χ3v) is 4.92. The largest absolute Gasteiger partial charge is 0.383 e. The number of carbonyl (C=O) groups is 1. The minimum absolute atomic E-state index is 0.0159.